The Morgan fingerprint density at radius 3 is 2.51 bits per heavy atom. The van der Waals surface area contributed by atoms with Crippen molar-refractivity contribution in [1.82, 2.24) is 10.2 Å². The number of nitriles is 1. The second-order valence-corrected chi connectivity index (χ2v) is 8.38. The molecule has 5 rings (SSSR count). The highest BCUT2D eigenvalue weighted by molar-refractivity contribution is 5.71. The largest absolute Gasteiger partial charge is 0.494 e. The maximum atomic E-state index is 10.0. The Hall–Kier alpha value is -4.90. The highest BCUT2D eigenvalue weighted by atomic mass is 16.5. The molecule has 1 unspecified atom stereocenters. The summed E-state index contributed by atoms with van der Waals surface area (Å²) in [4.78, 5) is 0. The normalized spacial score (nSPS) is 14.4. The number of fused-ring (bicyclic) bond motifs is 1. The maximum Gasteiger partial charge on any atom is 0.244 e. The van der Waals surface area contributed by atoms with E-state index < -0.39 is 5.92 Å². The number of nitrogens with two attached hydrogens (primary N) is 1. The molecule has 37 heavy (non-hydrogen) atoms. The number of methoxy groups -OCH3 is 1. The lowest BCUT2D eigenvalue weighted by Gasteiger charge is -2.25. The number of hydrogen-bond donors (Lipinski definition) is 2. The molecule has 1 aliphatic rings. The second kappa shape index (κ2) is 10.4. The van der Waals surface area contributed by atoms with Gasteiger partial charge >= 0.3 is 0 Å². The van der Waals surface area contributed by atoms with Crippen LogP contribution in [0.5, 0.6) is 23.1 Å². The molecule has 0 fully saturated rings. The van der Waals surface area contributed by atoms with E-state index >= 15 is 0 Å². The topological polar surface area (TPSA) is 115 Å². The van der Waals surface area contributed by atoms with Gasteiger partial charge in [-0.3, -0.25) is 5.10 Å². The van der Waals surface area contributed by atoms with Gasteiger partial charge in [-0.25, -0.2) is 0 Å². The van der Waals surface area contributed by atoms with E-state index in [0.29, 0.717) is 36.2 Å². The third-order valence-electron chi connectivity index (χ3n) is 6.15. The van der Waals surface area contributed by atoms with Gasteiger partial charge in [-0.15, -0.1) is 5.10 Å². The molecule has 0 amide bonds. The number of nitrogens with zero attached hydrogens (tertiary/aromatic N) is 2. The molecule has 1 aromatic heterocycles. The van der Waals surface area contributed by atoms with Gasteiger partial charge in [-0.2, -0.15) is 5.26 Å². The molecule has 0 spiro atoms. The second-order valence-electron chi connectivity index (χ2n) is 8.38. The van der Waals surface area contributed by atoms with Gasteiger partial charge in [0.25, 0.3) is 0 Å². The predicted octanol–water partition coefficient (Wildman–Crippen LogP) is 5.28. The monoisotopic (exact) mass is 494 g/mol. The summed E-state index contributed by atoms with van der Waals surface area (Å²) in [5.41, 5.74) is 10.6. The molecule has 8 heteroatoms. The number of rotatable bonds is 8. The van der Waals surface area contributed by atoms with Crippen molar-refractivity contribution in [2.45, 2.75) is 19.4 Å². The molecule has 0 radical (unpaired) electrons. The van der Waals surface area contributed by atoms with E-state index in [1.165, 1.54) is 0 Å². The highest BCUT2D eigenvalue weighted by Gasteiger charge is 2.36. The highest BCUT2D eigenvalue weighted by Crippen LogP contribution is 2.47. The van der Waals surface area contributed by atoms with Gasteiger partial charge in [-0.1, -0.05) is 36.4 Å². The molecule has 0 aliphatic carbocycles. The molecule has 3 N–H and O–H groups in total. The standard InChI is InChI=1S/C29H26N4O4/c1-3-35-21-12-9-19(10-13-21)27-26-25(22(16-30)28(31)37-29(26)33-32-27)20-11-14-23(24(15-20)34-2)36-17-18-7-5-4-6-8-18/h4-15,25H,3,17,31H2,1-2H3,(H,32,33). The zero-order valence-corrected chi connectivity index (χ0v) is 20.5. The lowest BCUT2D eigenvalue weighted by Crippen LogP contribution is -2.21. The number of H-pyrrole nitrogens is 1. The molecule has 0 bridgehead atoms. The SMILES string of the molecule is CCOc1ccc(-c2[nH]nc3c2C(c2ccc(OCc4ccccc4)c(OC)c2)C(C#N)=C(N)O3)cc1. The van der Waals surface area contributed by atoms with Gasteiger partial charge < -0.3 is 24.7 Å². The molecule has 3 aromatic carbocycles. The number of hydrogen-bond acceptors (Lipinski definition) is 7. The Bertz CT molecular complexity index is 1470. The Kier molecular flexibility index (Phi) is 6.68. The number of aromatic amines is 1. The predicted molar refractivity (Wildman–Crippen MR) is 138 cm³/mol. The van der Waals surface area contributed by atoms with Crippen molar-refractivity contribution in [2.24, 2.45) is 5.73 Å². The number of aromatic nitrogens is 2. The summed E-state index contributed by atoms with van der Waals surface area (Å²) in [6.07, 6.45) is 0. The van der Waals surface area contributed by atoms with E-state index in [-0.39, 0.29) is 5.88 Å². The van der Waals surface area contributed by atoms with Crippen molar-refractivity contribution in [2.75, 3.05) is 13.7 Å². The van der Waals surface area contributed by atoms with Gasteiger partial charge in [0.2, 0.25) is 11.8 Å². The van der Waals surface area contributed by atoms with Crippen LogP contribution in [0.2, 0.25) is 0 Å². The Labute approximate surface area is 214 Å². The number of allylic oxidation sites excluding steroid dienone is 1. The van der Waals surface area contributed by atoms with Gasteiger partial charge in [-0.05, 0) is 54.4 Å². The van der Waals surface area contributed by atoms with Crippen LogP contribution in [-0.4, -0.2) is 23.9 Å². The first-order valence-corrected chi connectivity index (χ1v) is 11.9. The first-order valence-electron chi connectivity index (χ1n) is 11.9. The lowest BCUT2D eigenvalue weighted by molar-refractivity contribution is 0.284. The van der Waals surface area contributed by atoms with E-state index in [1.54, 1.807) is 7.11 Å². The van der Waals surface area contributed by atoms with Crippen LogP contribution in [0.1, 0.15) is 29.5 Å². The Morgan fingerprint density at radius 1 is 1.03 bits per heavy atom. The van der Waals surface area contributed by atoms with Crippen LogP contribution in [0.15, 0.2) is 84.3 Å². The molecule has 0 saturated carbocycles. The van der Waals surface area contributed by atoms with Gasteiger partial charge in [0.05, 0.1) is 30.9 Å². The summed E-state index contributed by atoms with van der Waals surface area (Å²) >= 11 is 0. The van der Waals surface area contributed by atoms with Crippen molar-refractivity contribution < 1.29 is 18.9 Å². The third kappa shape index (κ3) is 4.67. The molecule has 186 valence electrons. The maximum absolute atomic E-state index is 10.0. The van der Waals surface area contributed by atoms with E-state index in [9.17, 15) is 5.26 Å². The van der Waals surface area contributed by atoms with Crippen LogP contribution < -0.4 is 24.7 Å². The third-order valence-corrected chi connectivity index (χ3v) is 6.15. The molecular formula is C29H26N4O4. The van der Waals surface area contributed by atoms with Gasteiger partial charge in [0, 0.05) is 5.56 Å². The van der Waals surface area contributed by atoms with Crippen LogP contribution >= 0.6 is 0 Å². The quantitative estimate of drug-likeness (QED) is 0.342. The van der Waals surface area contributed by atoms with Crippen LogP contribution in [0.4, 0.5) is 0 Å². The summed E-state index contributed by atoms with van der Waals surface area (Å²) in [7, 11) is 1.59. The molecule has 2 heterocycles. The van der Waals surface area contributed by atoms with Crippen molar-refractivity contribution in [3.05, 3.63) is 101 Å². The minimum Gasteiger partial charge on any atom is -0.494 e. The molecule has 4 aromatic rings. The number of benzene rings is 3. The minimum absolute atomic E-state index is 0.0214. The average Bonchev–Trinajstić information content (AvgIpc) is 3.35. The van der Waals surface area contributed by atoms with Gasteiger partial charge in [0.1, 0.15) is 24.0 Å². The number of ether oxygens (including phenoxy) is 4. The number of nitrogens with one attached hydrogen (secondary N) is 1. The average molecular weight is 495 g/mol. The molecular weight excluding hydrogens is 468 g/mol. The van der Waals surface area contributed by atoms with E-state index in [4.69, 9.17) is 24.7 Å². The van der Waals surface area contributed by atoms with Crippen molar-refractivity contribution >= 4 is 0 Å². The fourth-order valence-electron chi connectivity index (χ4n) is 4.40. The summed E-state index contributed by atoms with van der Waals surface area (Å²) in [6, 6.07) is 25.4. The summed E-state index contributed by atoms with van der Waals surface area (Å²) < 4.78 is 23.0. The summed E-state index contributed by atoms with van der Waals surface area (Å²) in [5.74, 6) is 1.73. The Balaban J connectivity index is 1.54. The van der Waals surface area contributed by atoms with E-state index in [0.717, 1.165) is 33.7 Å². The van der Waals surface area contributed by atoms with E-state index in [2.05, 4.69) is 16.3 Å². The van der Waals surface area contributed by atoms with Crippen molar-refractivity contribution in [3.63, 3.8) is 0 Å². The fourth-order valence-corrected chi connectivity index (χ4v) is 4.40. The zero-order valence-electron chi connectivity index (χ0n) is 20.5. The summed E-state index contributed by atoms with van der Waals surface area (Å²) in [5, 5.41) is 17.4. The summed E-state index contributed by atoms with van der Waals surface area (Å²) in [6.45, 7) is 2.92. The Morgan fingerprint density at radius 2 is 1.81 bits per heavy atom. The van der Waals surface area contributed by atoms with Crippen LogP contribution in [-0.2, 0) is 6.61 Å². The smallest absolute Gasteiger partial charge is 0.244 e. The molecule has 1 atom stereocenters. The molecule has 8 nitrogen and oxygen atoms in total. The first kappa shape index (κ1) is 23.8. The van der Waals surface area contributed by atoms with Crippen LogP contribution in [0, 0.1) is 11.3 Å². The van der Waals surface area contributed by atoms with Crippen molar-refractivity contribution in [1.29, 1.82) is 5.26 Å². The van der Waals surface area contributed by atoms with Crippen molar-refractivity contribution in [3.8, 4) is 40.5 Å². The van der Waals surface area contributed by atoms with Gasteiger partial charge in [0.15, 0.2) is 11.5 Å². The lowest BCUT2D eigenvalue weighted by atomic mass is 9.83. The zero-order chi connectivity index (χ0) is 25.8. The first-order chi connectivity index (χ1) is 18.1. The molecule has 0 saturated heterocycles. The van der Waals surface area contributed by atoms with Crippen LogP contribution in [0.3, 0.4) is 0 Å². The van der Waals surface area contributed by atoms with E-state index in [1.807, 2.05) is 79.7 Å². The fraction of sp³-hybridized carbons (Fsp3) is 0.172. The minimum atomic E-state index is -0.522. The van der Waals surface area contributed by atoms with Crippen LogP contribution in [0.25, 0.3) is 11.3 Å². The molecule has 1 aliphatic heterocycles.